The van der Waals surface area contributed by atoms with Gasteiger partial charge in [0.2, 0.25) is 6.54 Å². The van der Waals surface area contributed by atoms with Crippen molar-refractivity contribution < 1.29 is 4.79 Å². The average Bonchev–Trinajstić information content (AvgIpc) is 2.99. The molecule has 0 saturated carbocycles. The lowest BCUT2D eigenvalue weighted by Gasteiger charge is -2.00. The van der Waals surface area contributed by atoms with E-state index in [9.17, 15) is 4.79 Å². The third-order valence-electron chi connectivity index (χ3n) is 4.54. The summed E-state index contributed by atoms with van der Waals surface area (Å²) in [5.74, 6) is 6.15. The number of fused-ring (bicyclic) bond motifs is 3. The topological polar surface area (TPSA) is 25.8 Å². The number of nitrogens with zero attached hydrogens (tertiary/aromatic N) is 2. The molecule has 1 aliphatic carbocycles. The maximum Gasteiger partial charge on any atom is 0.240 e. The van der Waals surface area contributed by atoms with Crippen molar-refractivity contribution in [1.29, 1.82) is 0 Å². The summed E-state index contributed by atoms with van der Waals surface area (Å²) in [5, 5.41) is 0. The maximum atomic E-state index is 12.7. The van der Waals surface area contributed by atoms with Gasteiger partial charge in [-0.3, -0.25) is 4.79 Å². The fourth-order valence-electron chi connectivity index (χ4n) is 3.22. The minimum absolute atomic E-state index is 0.0671. The van der Waals surface area contributed by atoms with Crippen molar-refractivity contribution in [2.45, 2.75) is 6.54 Å². The summed E-state index contributed by atoms with van der Waals surface area (Å²) in [6.45, 7) is 14.5. The molecule has 0 unspecified atom stereocenters. The molecule has 3 heteroatoms. The van der Waals surface area contributed by atoms with Crippen LogP contribution >= 0.6 is 0 Å². The van der Waals surface area contributed by atoms with Crippen molar-refractivity contribution in [3.63, 3.8) is 0 Å². The van der Waals surface area contributed by atoms with Crippen molar-refractivity contribution in [2.75, 3.05) is 0 Å². The molecule has 3 aromatic rings. The molecule has 124 valence electrons. The number of hydrogen-bond donors (Lipinski definition) is 0. The molecule has 0 N–H and O–H groups in total. The van der Waals surface area contributed by atoms with Gasteiger partial charge in [0.1, 0.15) is 0 Å². The van der Waals surface area contributed by atoms with E-state index >= 15 is 0 Å². The Morgan fingerprint density at radius 3 is 2.33 bits per heavy atom. The Hall–Kier alpha value is -4.13. The van der Waals surface area contributed by atoms with Crippen molar-refractivity contribution >= 4 is 11.5 Å². The SMILES string of the molecule is [C-]#[N+]Cc1ccccc1C#Cc1ccc2c(c1)C(=O)c1cc([N+]#[C-])ccc1-2. The Morgan fingerprint density at radius 2 is 1.56 bits per heavy atom. The molecule has 0 atom stereocenters. The highest BCUT2D eigenvalue weighted by Gasteiger charge is 2.26. The number of hydrogen-bond acceptors (Lipinski definition) is 1. The van der Waals surface area contributed by atoms with Crippen LogP contribution in [0.15, 0.2) is 60.7 Å². The number of carbonyl (C=O) groups excluding carboxylic acids is 1. The zero-order valence-electron chi connectivity index (χ0n) is 14.3. The average molecular weight is 344 g/mol. The Bertz CT molecular complexity index is 1240. The van der Waals surface area contributed by atoms with Crippen LogP contribution in [0.25, 0.3) is 20.8 Å². The first-order valence-corrected chi connectivity index (χ1v) is 8.35. The lowest BCUT2D eigenvalue weighted by atomic mass is 10.0. The van der Waals surface area contributed by atoms with Crippen LogP contribution in [0.3, 0.4) is 0 Å². The first kappa shape index (κ1) is 16.3. The Morgan fingerprint density at radius 1 is 0.815 bits per heavy atom. The minimum atomic E-state index is -0.0671. The first-order valence-electron chi connectivity index (χ1n) is 8.35. The van der Waals surface area contributed by atoms with Gasteiger partial charge >= 0.3 is 0 Å². The third kappa shape index (κ3) is 2.87. The molecule has 0 aliphatic heterocycles. The Kier molecular flexibility index (Phi) is 4.02. The molecular formula is C24H12N2O. The fraction of sp³-hybridized carbons (Fsp3) is 0.0417. The zero-order chi connectivity index (χ0) is 18.8. The number of carbonyl (C=O) groups is 1. The second kappa shape index (κ2) is 6.64. The molecule has 0 aromatic heterocycles. The molecule has 1 aliphatic rings. The highest BCUT2D eigenvalue weighted by molar-refractivity contribution is 6.22. The van der Waals surface area contributed by atoms with E-state index in [0.29, 0.717) is 23.4 Å². The summed E-state index contributed by atoms with van der Waals surface area (Å²) >= 11 is 0. The molecule has 3 aromatic carbocycles. The lowest BCUT2D eigenvalue weighted by molar-refractivity contribution is 0.104. The van der Waals surface area contributed by atoms with Crippen LogP contribution in [-0.2, 0) is 6.54 Å². The summed E-state index contributed by atoms with van der Waals surface area (Å²) in [7, 11) is 0. The largest absolute Gasteiger partial charge is 0.312 e. The lowest BCUT2D eigenvalue weighted by Crippen LogP contribution is -1.95. The van der Waals surface area contributed by atoms with Gasteiger partial charge in [0, 0.05) is 27.8 Å². The van der Waals surface area contributed by atoms with Gasteiger partial charge in [0.05, 0.1) is 6.57 Å². The van der Waals surface area contributed by atoms with E-state index in [0.717, 1.165) is 27.8 Å². The fourth-order valence-corrected chi connectivity index (χ4v) is 3.22. The van der Waals surface area contributed by atoms with Crippen LogP contribution in [0.1, 0.15) is 32.6 Å². The monoisotopic (exact) mass is 344 g/mol. The van der Waals surface area contributed by atoms with Gasteiger partial charge < -0.3 is 4.85 Å². The van der Waals surface area contributed by atoms with Crippen LogP contribution < -0.4 is 0 Å². The zero-order valence-corrected chi connectivity index (χ0v) is 14.3. The molecule has 0 amide bonds. The van der Waals surface area contributed by atoms with Crippen molar-refractivity contribution in [3.8, 4) is 23.0 Å². The van der Waals surface area contributed by atoms with E-state index in [1.807, 2.05) is 42.5 Å². The predicted molar refractivity (Wildman–Crippen MR) is 104 cm³/mol. The quantitative estimate of drug-likeness (QED) is 0.341. The highest BCUT2D eigenvalue weighted by atomic mass is 16.1. The van der Waals surface area contributed by atoms with Crippen molar-refractivity contribution in [1.82, 2.24) is 0 Å². The molecule has 0 saturated heterocycles. The van der Waals surface area contributed by atoms with E-state index in [4.69, 9.17) is 13.1 Å². The van der Waals surface area contributed by atoms with Crippen LogP contribution in [0.4, 0.5) is 5.69 Å². The van der Waals surface area contributed by atoms with Crippen LogP contribution in [0.5, 0.6) is 0 Å². The minimum Gasteiger partial charge on any atom is -0.312 e. The Labute approximate surface area is 157 Å². The molecule has 4 rings (SSSR count). The maximum absolute atomic E-state index is 12.7. The summed E-state index contributed by atoms with van der Waals surface area (Å²) < 4.78 is 0. The van der Waals surface area contributed by atoms with Gasteiger partial charge in [0.25, 0.3) is 0 Å². The van der Waals surface area contributed by atoms with Crippen LogP contribution in [-0.4, -0.2) is 5.78 Å². The normalized spacial score (nSPS) is 10.8. The van der Waals surface area contributed by atoms with Gasteiger partial charge in [-0.15, -0.1) is 0 Å². The molecule has 0 radical (unpaired) electrons. The van der Waals surface area contributed by atoms with E-state index in [-0.39, 0.29) is 5.78 Å². The summed E-state index contributed by atoms with van der Waals surface area (Å²) in [4.78, 5) is 19.6. The molecule has 0 heterocycles. The number of rotatable bonds is 1. The molecule has 3 nitrogen and oxygen atoms in total. The third-order valence-corrected chi connectivity index (χ3v) is 4.54. The number of ketones is 1. The summed E-state index contributed by atoms with van der Waals surface area (Å²) in [6.07, 6.45) is 0. The van der Waals surface area contributed by atoms with Gasteiger partial charge in [-0.1, -0.05) is 48.2 Å². The van der Waals surface area contributed by atoms with E-state index in [2.05, 4.69) is 21.5 Å². The van der Waals surface area contributed by atoms with E-state index in [1.165, 1.54) is 0 Å². The molecule has 0 fully saturated rings. The van der Waals surface area contributed by atoms with E-state index in [1.54, 1.807) is 18.2 Å². The van der Waals surface area contributed by atoms with E-state index < -0.39 is 0 Å². The summed E-state index contributed by atoms with van der Waals surface area (Å²) in [5.41, 5.74) is 5.88. The molecule has 27 heavy (non-hydrogen) atoms. The standard InChI is InChI=1S/C24H12N2O/c1-25-15-18-6-4-3-5-17(18)9-7-16-8-11-20-21-12-10-19(26-2)14-23(21)24(27)22(20)13-16/h3-6,8,10-14H,15H2. The van der Waals surface area contributed by atoms with Crippen molar-refractivity contribution in [2.24, 2.45) is 0 Å². The first-order chi connectivity index (χ1) is 13.2. The van der Waals surface area contributed by atoms with Gasteiger partial charge in [-0.25, -0.2) is 11.4 Å². The second-order valence-electron chi connectivity index (χ2n) is 6.15. The second-order valence-corrected chi connectivity index (χ2v) is 6.15. The predicted octanol–water partition coefficient (Wildman–Crippen LogP) is 5.27. The van der Waals surface area contributed by atoms with Gasteiger partial charge in [-0.2, -0.15) is 0 Å². The van der Waals surface area contributed by atoms with Gasteiger partial charge in [-0.05, 0) is 35.4 Å². The van der Waals surface area contributed by atoms with Crippen molar-refractivity contribution in [3.05, 3.63) is 111 Å². The molecular weight excluding hydrogens is 332 g/mol. The smallest absolute Gasteiger partial charge is 0.240 e. The molecule has 0 spiro atoms. The number of benzene rings is 3. The summed E-state index contributed by atoms with van der Waals surface area (Å²) in [6, 6.07) is 18.4. The van der Waals surface area contributed by atoms with Crippen LogP contribution in [0.2, 0.25) is 0 Å². The molecule has 0 bridgehead atoms. The Balaban J connectivity index is 1.73. The van der Waals surface area contributed by atoms with Gasteiger partial charge in [0.15, 0.2) is 11.5 Å². The highest BCUT2D eigenvalue weighted by Crippen LogP contribution is 2.38. The van der Waals surface area contributed by atoms with Crippen LogP contribution in [0, 0.1) is 25.0 Å².